The third-order valence-corrected chi connectivity index (χ3v) is 6.37. The van der Waals surface area contributed by atoms with E-state index < -0.39 is 11.6 Å². The second-order valence-corrected chi connectivity index (χ2v) is 8.49. The number of rotatable bonds is 6. The van der Waals surface area contributed by atoms with Crippen molar-refractivity contribution in [1.29, 1.82) is 0 Å². The van der Waals surface area contributed by atoms with Gasteiger partial charge in [-0.2, -0.15) is 0 Å². The molecule has 1 aromatic carbocycles. The van der Waals surface area contributed by atoms with Crippen LogP contribution in [0.25, 0.3) is 0 Å². The molecule has 0 bridgehead atoms. The summed E-state index contributed by atoms with van der Waals surface area (Å²) in [7, 11) is 0. The number of ether oxygens (including phenoxy) is 1. The number of halogens is 2. The third-order valence-electron chi connectivity index (χ3n) is 6.37. The number of oxime groups is 1. The van der Waals surface area contributed by atoms with Crippen LogP contribution in [0.2, 0.25) is 0 Å². The van der Waals surface area contributed by atoms with Gasteiger partial charge in [-0.05, 0) is 49.6 Å². The first kappa shape index (κ1) is 22.5. The van der Waals surface area contributed by atoms with E-state index in [9.17, 15) is 8.78 Å². The first-order chi connectivity index (χ1) is 16.6. The molecule has 2 aromatic heterocycles. The van der Waals surface area contributed by atoms with E-state index in [2.05, 4.69) is 25.0 Å². The number of hydrogen-bond donors (Lipinski definition) is 0. The fourth-order valence-corrected chi connectivity index (χ4v) is 4.55. The van der Waals surface area contributed by atoms with Crippen LogP contribution in [0.1, 0.15) is 47.8 Å². The average Bonchev–Trinajstić information content (AvgIpc) is 3.22. The Morgan fingerprint density at radius 1 is 1.12 bits per heavy atom. The topological polar surface area (TPSA) is 72.7 Å². The molecule has 0 saturated carbocycles. The number of hydrogen-bond acceptors (Lipinski definition) is 7. The van der Waals surface area contributed by atoms with E-state index in [0.717, 1.165) is 43.6 Å². The largest absolute Gasteiger partial charge is 0.396 e. The van der Waals surface area contributed by atoms with E-state index >= 15 is 0 Å². The lowest BCUT2D eigenvalue weighted by atomic mass is 9.84. The molecule has 2 aliphatic rings. The quantitative estimate of drug-likeness (QED) is 0.405. The standard InChI is InChI=1S/C25H25F2N5O2/c1-2-34-31-23(18-3-4-21(26)22(27)11-18)24-29-12-17(13-30-24)15-32-9-6-25(7-10-32)20-14-28-8-5-19(20)16-33-25/h3-5,8,11-14H,2,6-7,9-10,15-16H2,1H3/b31-23+. The maximum atomic E-state index is 13.8. The number of piperidine rings is 1. The molecule has 0 aliphatic carbocycles. The van der Waals surface area contributed by atoms with Crippen LogP contribution in [0.4, 0.5) is 8.78 Å². The molecule has 0 amide bonds. The Morgan fingerprint density at radius 2 is 1.91 bits per heavy atom. The first-order valence-electron chi connectivity index (χ1n) is 11.3. The van der Waals surface area contributed by atoms with Crippen molar-refractivity contribution < 1.29 is 18.4 Å². The Morgan fingerprint density at radius 3 is 2.65 bits per heavy atom. The Hall–Kier alpha value is -3.30. The van der Waals surface area contributed by atoms with Crippen molar-refractivity contribution in [3.63, 3.8) is 0 Å². The SMILES string of the molecule is CCO/N=C(\c1ccc(F)c(F)c1)c1ncc(CN2CCC3(CC2)OCc2ccncc23)cn1. The first-order valence-corrected chi connectivity index (χ1v) is 11.3. The molecule has 34 heavy (non-hydrogen) atoms. The number of likely N-dealkylation sites (tertiary alicyclic amines) is 1. The van der Waals surface area contributed by atoms with Gasteiger partial charge in [-0.15, -0.1) is 0 Å². The molecule has 7 nitrogen and oxygen atoms in total. The number of benzene rings is 1. The maximum Gasteiger partial charge on any atom is 0.182 e. The Balaban J connectivity index is 1.27. The van der Waals surface area contributed by atoms with E-state index in [0.29, 0.717) is 25.3 Å². The molecule has 2 aliphatic heterocycles. The summed E-state index contributed by atoms with van der Waals surface area (Å²) in [5, 5.41) is 4.03. The molecule has 4 heterocycles. The number of pyridine rings is 1. The monoisotopic (exact) mass is 465 g/mol. The molecule has 0 unspecified atom stereocenters. The normalized spacial score (nSPS) is 17.7. The summed E-state index contributed by atoms with van der Waals surface area (Å²) in [6.45, 7) is 5.25. The summed E-state index contributed by atoms with van der Waals surface area (Å²) in [6, 6.07) is 5.58. The second kappa shape index (κ2) is 9.52. The number of aromatic nitrogens is 3. The molecule has 0 atom stereocenters. The van der Waals surface area contributed by atoms with Gasteiger partial charge in [0.1, 0.15) is 6.61 Å². The van der Waals surface area contributed by atoms with Crippen LogP contribution < -0.4 is 0 Å². The number of nitrogens with zero attached hydrogens (tertiary/aromatic N) is 5. The zero-order valence-electron chi connectivity index (χ0n) is 18.9. The van der Waals surface area contributed by atoms with Gasteiger partial charge in [0.2, 0.25) is 0 Å². The van der Waals surface area contributed by atoms with Gasteiger partial charge in [0.15, 0.2) is 23.2 Å². The molecular weight excluding hydrogens is 440 g/mol. The lowest BCUT2D eigenvalue weighted by molar-refractivity contribution is -0.0800. The van der Waals surface area contributed by atoms with Gasteiger partial charge in [-0.25, -0.2) is 18.7 Å². The molecule has 0 radical (unpaired) electrons. The Kier molecular flexibility index (Phi) is 6.30. The highest BCUT2D eigenvalue weighted by Gasteiger charge is 2.42. The second-order valence-electron chi connectivity index (χ2n) is 8.49. The van der Waals surface area contributed by atoms with Crippen molar-refractivity contribution in [2.75, 3.05) is 19.7 Å². The van der Waals surface area contributed by atoms with Crippen LogP contribution in [-0.2, 0) is 28.3 Å². The third kappa shape index (κ3) is 4.41. The highest BCUT2D eigenvalue weighted by atomic mass is 19.2. The summed E-state index contributed by atoms with van der Waals surface area (Å²) < 4.78 is 33.3. The van der Waals surface area contributed by atoms with Gasteiger partial charge in [-0.1, -0.05) is 5.16 Å². The summed E-state index contributed by atoms with van der Waals surface area (Å²) in [5.41, 5.74) is 3.77. The van der Waals surface area contributed by atoms with Crippen molar-refractivity contribution in [3.8, 4) is 0 Å². The van der Waals surface area contributed by atoms with Gasteiger partial charge in [-0.3, -0.25) is 9.88 Å². The van der Waals surface area contributed by atoms with E-state index in [-0.39, 0.29) is 17.1 Å². The van der Waals surface area contributed by atoms with E-state index in [4.69, 9.17) is 9.57 Å². The van der Waals surface area contributed by atoms with Crippen LogP contribution in [0, 0.1) is 11.6 Å². The predicted molar refractivity (Wildman–Crippen MR) is 121 cm³/mol. The molecule has 1 saturated heterocycles. The summed E-state index contributed by atoms with van der Waals surface area (Å²) in [5.74, 6) is -1.61. The lowest BCUT2D eigenvalue weighted by Gasteiger charge is -2.39. The molecule has 1 fully saturated rings. The number of fused-ring (bicyclic) bond motifs is 2. The van der Waals surface area contributed by atoms with Gasteiger partial charge in [0, 0.05) is 61.1 Å². The molecule has 176 valence electrons. The molecule has 3 aromatic rings. The molecule has 9 heteroatoms. The van der Waals surface area contributed by atoms with Crippen LogP contribution in [-0.4, -0.2) is 45.3 Å². The fourth-order valence-electron chi connectivity index (χ4n) is 4.55. The van der Waals surface area contributed by atoms with E-state index in [1.54, 1.807) is 19.3 Å². The van der Waals surface area contributed by atoms with Gasteiger partial charge in [0.05, 0.1) is 12.2 Å². The fraction of sp³-hybridized carbons (Fsp3) is 0.360. The minimum atomic E-state index is -0.967. The predicted octanol–water partition coefficient (Wildman–Crippen LogP) is 3.96. The van der Waals surface area contributed by atoms with Crippen molar-refractivity contribution in [1.82, 2.24) is 19.9 Å². The average molecular weight is 466 g/mol. The van der Waals surface area contributed by atoms with Crippen LogP contribution in [0.15, 0.2) is 54.2 Å². The minimum Gasteiger partial charge on any atom is -0.396 e. The lowest BCUT2D eigenvalue weighted by Crippen LogP contribution is -2.42. The molecule has 5 rings (SSSR count). The highest BCUT2D eigenvalue weighted by molar-refractivity contribution is 6.10. The van der Waals surface area contributed by atoms with Crippen LogP contribution in [0.5, 0.6) is 0 Å². The zero-order valence-corrected chi connectivity index (χ0v) is 18.9. The smallest absolute Gasteiger partial charge is 0.182 e. The van der Waals surface area contributed by atoms with Crippen molar-refractivity contribution >= 4 is 5.71 Å². The van der Waals surface area contributed by atoms with Crippen LogP contribution in [0.3, 0.4) is 0 Å². The van der Waals surface area contributed by atoms with Gasteiger partial charge >= 0.3 is 0 Å². The summed E-state index contributed by atoms with van der Waals surface area (Å²) in [4.78, 5) is 20.7. The van der Waals surface area contributed by atoms with E-state index in [1.807, 2.05) is 18.5 Å². The minimum absolute atomic E-state index is 0.227. The highest BCUT2D eigenvalue weighted by Crippen LogP contribution is 2.43. The van der Waals surface area contributed by atoms with Crippen molar-refractivity contribution in [2.45, 2.75) is 38.5 Å². The maximum absolute atomic E-state index is 13.8. The Labute approximate surface area is 196 Å². The zero-order chi connectivity index (χ0) is 23.5. The van der Waals surface area contributed by atoms with Crippen molar-refractivity contribution in [3.05, 3.63) is 88.8 Å². The van der Waals surface area contributed by atoms with Gasteiger partial charge < -0.3 is 9.57 Å². The van der Waals surface area contributed by atoms with E-state index in [1.165, 1.54) is 17.2 Å². The molecule has 0 N–H and O–H groups in total. The molecule has 1 spiro atoms. The molecular formula is C25H25F2N5O2. The van der Waals surface area contributed by atoms with Gasteiger partial charge in [0.25, 0.3) is 0 Å². The van der Waals surface area contributed by atoms with Crippen molar-refractivity contribution in [2.24, 2.45) is 5.16 Å². The van der Waals surface area contributed by atoms with Crippen LogP contribution >= 0.6 is 0 Å². The summed E-state index contributed by atoms with van der Waals surface area (Å²) >= 11 is 0. The summed E-state index contributed by atoms with van der Waals surface area (Å²) in [6.07, 6.45) is 9.05. The Bertz CT molecular complexity index is 1190.